The fourth-order valence-electron chi connectivity index (χ4n) is 3.96. The van der Waals surface area contributed by atoms with Gasteiger partial charge in [0.15, 0.2) is 0 Å². The summed E-state index contributed by atoms with van der Waals surface area (Å²) in [6.45, 7) is 5.32. The molecule has 0 amide bonds. The van der Waals surface area contributed by atoms with Gasteiger partial charge in [0.1, 0.15) is 0 Å². The SMILES string of the molecule is O=c1cc2c(nn1CCN1CCN(S(=O)(=O)N3CCOCC3)CC1)CCC2. The molecule has 2 saturated heterocycles. The molecule has 4 rings (SSSR count). The number of morpholine rings is 1. The highest BCUT2D eigenvalue weighted by atomic mass is 32.2. The van der Waals surface area contributed by atoms with Gasteiger partial charge < -0.3 is 4.74 Å². The van der Waals surface area contributed by atoms with Crippen LogP contribution >= 0.6 is 0 Å². The lowest BCUT2D eigenvalue weighted by atomic mass is 10.2. The second-order valence-electron chi connectivity index (χ2n) is 7.29. The lowest BCUT2D eigenvalue weighted by molar-refractivity contribution is 0.0684. The molecule has 0 unspecified atom stereocenters. The molecule has 1 aromatic rings. The van der Waals surface area contributed by atoms with Crippen molar-refractivity contribution in [1.82, 2.24) is 23.3 Å². The lowest BCUT2D eigenvalue weighted by Crippen LogP contribution is -2.55. The Labute approximate surface area is 159 Å². The highest BCUT2D eigenvalue weighted by molar-refractivity contribution is 7.86. The second kappa shape index (κ2) is 7.96. The monoisotopic (exact) mass is 397 g/mol. The summed E-state index contributed by atoms with van der Waals surface area (Å²) in [7, 11) is -3.40. The van der Waals surface area contributed by atoms with E-state index < -0.39 is 10.2 Å². The molecule has 1 aromatic heterocycles. The second-order valence-corrected chi connectivity index (χ2v) is 9.22. The zero-order chi connectivity index (χ0) is 18.9. The van der Waals surface area contributed by atoms with Gasteiger partial charge in [-0.15, -0.1) is 0 Å². The first-order chi connectivity index (χ1) is 13.0. The van der Waals surface area contributed by atoms with Crippen molar-refractivity contribution < 1.29 is 13.2 Å². The Kier molecular flexibility index (Phi) is 5.60. The zero-order valence-electron chi connectivity index (χ0n) is 15.5. The van der Waals surface area contributed by atoms with Crippen molar-refractivity contribution >= 4 is 10.2 Å². The highest BCUT2D eigenvalue weighted by Crippen LogP contribution is 2.17. The highest BCUT2D eigenvalue weighted by Gasteiger charge is 2.33. The van der Waals surface area contributed by atoms with E-state index in [2.05, 4.69) is 10.00 Å². The van der Waals surface area contributed by atoms with Crippen molar-refractivity contribution in [2.24, 2.45) is 0 Å². The first-order valence-electron chi connectivity index (χ1n) is 9.69. The van der Waals surface area contributed by atoms with Crippen molar-refractivity contribution in [1.29, 1.82) is 0 Å². The van der Waals surface area contributed by atoms with Gasteiger partial charge in [-0.3, -0.25) is 9.69 Å². The summed E-state index contributed by atoms with van der Waals surface area (Å²) in [5, 5.41) is 4.51. The van der Waals surface area contributed by atoms with Gasteiger partial charge in [0.25, 0.3) is 15.8 Å². The van der Waals surface area contributed by atoms with Crippen LogP contribution in [0.2, 0.25) is 0 Å². The van der Waals surface area contributed by atoms with E-state index in [0.29, 0.717) is 65.6 Å². The van der Waals surface area contributed by atoms with Crippen LogP contribution in [0.1, 0.15) is 17.7 Å². The Balaban J connectivity index is 1.30. The lowest BCUT2D eigenvalue weighted by Gasteiger charge is -2.37. The minimum atomic E-state index is -3.40. The van der Waals surface area contributed by atoms with Gasteiger partial charge in [0.2, 0.25) is 0 Å². The van der Waals surface area contributed by atoms with Gasteiger partial charge in [-0.05, 0) is 24.8 Å². The van der Waals surface area contributed by atoms with Crippen LogP contribution < -0.4 is 5.56 Å². The average molecular weight is 398 g/mol. The summed E-state index contributed by atoms with van der Waals surface area (Å²) in [6.07, 6.45) is 2.98. The van der Waals surface area contributed by atoms with Crippen molar-refractivity contribution in [3.63, 3.8) is 0 Å². The third-order valence-electron chi connectivity index (χ3n) is 5.61. The number of fused-ring (bicyclic) bond motifs is 1. The van der Waals surface area contributed by atoms with Crippen molar-refractivity contribution in [3.05, 3.63) is 27.7 Å². The zero-order valence-corrected chi connectivity index (χ0v) is 16.4. The van der Waals surface area contributed by atoms with Crippen LogP contribution in [-0.2, 0) is 34.3 Å². The normalized spacial score (nSPS) is 22.8. The van der Waals surface area contributed by atoms with Gasteiger partial charge in [-0.1, -0.05) is 0 Å². The number of piperazine rings is 1. The molecule has 0 N–H and O–H groups in total. The van der Waals surface area contributed by atoms with E-state index in [-0.39, 0.29) is 5.56 Å². The van der Waals surface area contributed by atoms with E-state index in [9.17, 15) is 13.2 Å². The predicted molar refractivity (Wildman–Crippen MR) is 99.8 cm³/mol. The molecule has 1 aliphatic carbocycles. The molecule has 2 aliphatic heterocycles. The topological polar surface area (TPSA) is 88.0 Å². The molecule has 0 atom stereocenters. The van der Waals surface area contributed by atoms with Crippen LogP contribution in [0.15, 0.2) is 10.9 Å². The van der Waals surface area contributed by atoms with Gasteiger partial charge in [0.05, 0.1) is 25.5 Å². The number of aromatic nitrogens is 2. The standard InChI is InChI=1S/C17H27N5O4S/c23-17-14-15-2-1-3-16(15)18-22(17)9-6-19-4-7-20(8-5-19)27(24,25)21-10-12-26-13-11-21/h14H,1-13H2. The third-order valence-corrected chi connectivity index (χ3v) is 7.64. The molecule has 150 valence electrons. The molecule has 3 aliphatic rings. The molecule has 0 radical (unpaired) electrons. The summed E-state index contributed by atoms with van der Waals surface area (Å²) >= 11 is 0. The summed E-state index contributed by atoms with van der Waals surface area (Å²) in [5.41, 5.74) is 2.11. The number of aryl methyl sites for hydroxylation is 2. The number of nitrogens with zero attached hydrogens (tertiary/aromatic N) is 5. The molecular weight excluding hydrogens is 370 g/mol. The van der Waals surface area contributed by atoms with Crippen LogP contribution in [0, 0.1) is 0 Å². The molecule has 0 bridgehead atoms. The van der Waals surface area contributed by atoms with Gasteiger partial charge in [-0.2, -0.15) is 22.1 Å². The summed E-state index contributed by atoms with van der Waals surface area (Å²) in [6, 6.07) is 1.72. The molecule has 0 aromatic carbocycles. The number of hydrogen-bond donors (Lipinski definition) is 0. The molecule has 27 heavy (non-hydrogen) atoms. The maximum absolute atomic E-state index is 12.7. The van der Waals surface area contributed by atoms with Crippen molar-refractivity contribution in [2.45, 2.75) is 25.8 Å². The molecule has 0 saturated carbocycles. The Morgan fingerprint density at radius 3 is 2.41 bits per heavy atom. The Hall–Kier alpha value is -1.33. The van der Waals surface area contributed by atoms with E-state index in [4.69, 9.17) is 4.74 Å². The molecule has 0 spiro atoms. The first-order valence-corrected chi connectivity index (χ1v) is 11.1. The van der Waals surface area contributed by atoms with Crippen LogP contribution in [0.4, 0.5) is 0 Å². The van der Waals surface area contributed by atoms with Gasteiger partial charge in [-0.25, -0.2) is 4.68 Å². The van der Waals surface area contributed by atoms with E-state index in [1.807, 2.05) is 0 Å². The molecule has 10 heteroatoms. The number of ether oxygens (including phenoxy) is 1. The maximum Gasteiger partial charge on any atom is 0.282 e. The minimum Gasteiger partial charge on any atom is -0.379 e. The van der Waals surface area contributed by atoms with Gasteiger partial charge in [0, 0.05) is 51.9 Å². The minimum absolute atomic E-state index is 0.0378. The fraction of sp³-hybridized carbons (Fsp3) is 0.765. The first kappa shape index (κ1) is 19.0. The largest absolute Gasteiger partial charge is 0.379 e. The molecule has 2 fully saturated rings. The third kappa shape index (κ3) is 4.09. The van der Waals surface area contributed by atoms with Crippen LogP contribution in [0.3, 0.4) is 0 Å². The predicted octanol–water partition coefficient (Wildman–Crippen LogP) is -1.07. The number of rotatable bonds is 5. The molecular formula is C17H27N5O4S. The molecule has 3 heterocycles. The Morgan fingerprint density at radius 1 is 0.963 bits per heavy atom. The maximum atomic E-state index is 12.7. The Morgan fingerprint density at radius 2 is 1.67 bits per heavy atom. The quantitative estimate of drug-likeness (QED) is 0.629. The van der Waals surface area contributed by atoms with E-state index in [1.54, 1.807) is 15.1 Å². The average Bonchev–Trinajstić information content (AvgIpc) is 3.14. The van der Waals surface area contributed by atoms with Crippen molar-refractivity contribution in [2.75, 3.05) is 59.0 Å². The summed E-state index contributed by atoms with van der Waals surface area (Å²) < 4.78 is 35.3. The van der Waals surface area contributed by atoms with E-state index in [1.165, 1.54) is 4.31 Å². The van der Waals surface area contributed by atoms with Gasteiger partial charge >= 0.3 is 0 Å². The fourth-order valence-corrected chi connectivity index (χ4v) is 5.52. The van der Waals surface area contributed by atoms with Crippen LogP contribution in [-0.4, -0.2) is 90.7 Å². The molecule has 9 nitrogen and oxygen atoms in total. The van der Waals surface area contributed by atoms with E-state index in [0.717, 1.165) is 30.5 Å². The summed E-state index contributed by atoms with van der Waals surface area (Å²) in [4.78, 5) is 14.4. The smallest absolute Gasteiger partial charge is 0.282 e. The van der Waals surface area contributed by atoms with Crippen LogP contribution in [0.5, 0.6) is 0 Å². The van der Waals surface area contributed by atoms with Crippen LogP contribution in [0.25, 0.3) is 0 Å². The Bertz CT molecular complexity index is 826. The van der Waals surface area contributed by atoms with E-state index >= 15 is 0 Å². The van der Waals surface area contributed by atoms with Crippen molar-refractivity contribution in [3.8, 4) is 0 Å². The summed E-state index contributed by atoms with van der Waals surface area (Å²) in [5.74, 6) is 0. The number of hydrogen-bond acceptors (Lipinski definition) is 6.